The Kier molecular flexibility index (Phi) is 2.58. The van der Waals surface area contributed by atoms with Crippen LogP contribution in [0.1, 0.15) is 12.8 Å². The average Bonchev–Trinajstić information content (AvgIpc) is 3.01. The number of hydrogen-bond donors (Lipinski definition) is 2. The molecule has 1 aromatic rings. The number of rotatable bonds is 4. The van der Waals surface area contributed by atoms with E-state index < -0.39 is 5.82 Å². The van der Waals surface area contributed by atoms with Gasteiger partial charge in [0.15, 0.2) is 5.82 Å². The summed E-state index contributed by atoms with van der Waals surface area (Å²) in [5.41, 5.74) is 5.60. The molecule has 0 amide bonds. The van der Waals surface area contributed by atoms with Crippen molar-refractivity contribution in [2.75, 3.05) is 11.9 Å². The fraction of sp³-hybridized carbons (Fsp3) is 0.556. The molecule has 1 unspecified atom stereocenters. The number of hydrogen-bond acceptors (Lipinski definition) is 4. The van der Waals surface area contributed by atoms with Gasteiger partial charge in [-0.25, -0.2) is 14.4 Å². The number of halogens is 1. The maximum Gasteiger partial charge on any atom is 0.223 e. The third-order valence-corrected chi connectivity index (χ3v) is 2.38. The molecule has 4 nitrogen and oxygen atoms in total. The van der Waals surface area contributed by atoms with Crippen LogP contribution in [-0.2, 0) is 0 Å². The second-order valence-electron chi connectivity index (χ2n) is 3.55. The van der Waals surface area contributed by atoms with Crippen molar-refractivity contribution in [1.82, 2.24) is 9.97 Å². The SMILES string of the molecule is NCC(Nc1ncc(F)cn1)C1CC1. The molecule has 1 atom stereocenters. The first-order chi connectivity index (χ1) is 6.79. The van der Waals surface area contributed by atoms with Gasteiger partial charge in [-0.15, -0.1) is 0 Å². The highest BCUT2D eigenvalue weighted by Crippen LogP contribution is 2.33. The molecule has 1 heterocycles. The predicted octanol–water partition coefficient (Wildman–Crippen LogP) is 0.765. The summed E-state index contributed by atoms with van der Waals surface area (Å²) in [5.74, 6) is 0.661. The number of nitrogens with two attached hydrogens (primary N) is 1. The monoisotopic (exact) mass is 196 g/mol. The molecular formula is C9H13FN4. The smallest absolute Gasteiger partial charge is 0.223 e. The lowest BCUT2D eigenvalue weighted by Crippen LogP contribution is -2.31. The van der Waals surface area contributed by atoms with Crippen LogP contribution in [0, 0.1) is 11.7 Å². The first-order valence-corrected chi connectivity index (χ1v) is 4.73. The van der Waals surface area contributed by atoms with E-state index >= 15 is 0 Å². The van der Waals surface area contributed by atoms with Crippen molar-refractivity contribution in [3.63, 3.8) is 0 Å². The van der Waals surface area contributed by atoms with Crippen molar-refractivity contribution in [2.24, 2.45) is 11.7 Å². The van der Waals surface area contributed by atoms with Crippen LogP contribution >= 0.6 is 0 Å². The second-order valence-corrected chi connectivity index (χ2v) is 3.55. The van der Waals surface area contributed by atoms with E-state index in [0.29, 0.717) is 18.4 Å². The fourth-order valence-corrected chi connectivity index (χ4v) is 1.42. The van der Waals surface area contributed by atoms with Gasteiger partial charge >= 0.3 is 0 Å². The van der Waals surface area contributed by atoms with Crippen LogP contribution < -0.4 is 11.1 Å². The van der Waals surface area contributed by atoms with Gasteiger partial charge in [0.2, 0.25) is 5.95 Å². The van der Waals surface area contributed by atoms with Gasteiger partial charge in [-0.2, -0.15) is 0 Å². The van der Waals surface area contributed by atoms with Gasteiger partial charge in [-0.3, -0.25) is 0 Å². The van der Waals surface area contributed by atoms with Crippen molar-refractivity contribution >= 4 is 5.95 Å². The largest absolute Gasteiger partial charge is 0.350 e. The van der Waals surface area contributed by atoms with E-state index in [9.17, 15) is 4.39 Å². The molecule has 0 bridgehead atoms. The minimum absolute atomic E-state index is 0.223. The van der Waals surface area contributed by atoms with Gasteiger partial charge in [-0.1, -0.05) is 0 Å². The normalized spacial score (nSPS) is 17.9. The van der Waals surface area contributed by atoms with Crippen molar-refractivity contribution in [3.8, 4) is 0 Å². The Labute approximate surface area is 81.7 Å². The molecule has 2 rings (SSSR count). The Bertz CT molecular complexity index is 296. The molecule has 1 saturated carbocycles. The summed E-state index contributed by atoms with van der Waals surface area (Å²) in [6, 6.07) is 0.223. The first-order valence-electron chi connectivity index (χ1n) is 4.73. The van der Waals surface area contributed by atoms with Crippen LogP contribution in [0.2, 0.25) is 0 Å². The first kappa shape index (κ1) is 9.33. The van der Waals surface area contributed by atoms with Crippen molar-refractivity contribution in [2.45, 2.75) is 18.9 Å². The number of nitrogens with zero attached hydrogens (tertiary/aromatic N) is 2. The van der Waals surface area contributed by atoms with Gasteiger partial charge in [0, 0.05) is 12.6 Å². The minimum atomic E-state index is -0.425. The molecule has 1 aliphatic rings. The van der Waals surface area contributed by atoms with E-state index in [0.717, 1.165) is 12.4 Å². The molecule has 3 N–H and O–H groups in total. The molecule has 14 heavy (non-hydrogen) atoms. The van der Waals surface area contributed by atoms with Crippen LogP contribution in [0.3, 0.4) is 0 Å². The highest BCUT2D eigenvalue weighted by atomic mass is 19.1. The zero-order chi connectivity index (χ0) is 9.97. The lowest BCUT2D eigenvalue weighted by atomic mass is 10.2. The van der Waals surface area contributed by atoms with Gasteiger partial charge in [0.1, 0.15) is 0 Å². The lowest BCUT2D eigenvalue weighted by molar-refractivity contribution is 0.608. The fourth-order valence-electron chi connectivity index (χ4n) is 1.42. The molecule has 1 fully saturated rings. The maximum absolute atomic E-state index is 12.5. The molecule has 1 aliphatic carbocycles. The standard InChI is InChI=1S/C9H13FN4/c10-7-4-12-9(13-5-7)14-8(3-11)6-1-2-6/h4-6,8H,1-3,11H2,(H,12,13,14). The Morgan fingerprint density at radius 3 is 2.64 bits per heavy atom. The number of anilines is 1. The van der Waals surface area contributed by atoms with E-state index in [1.165, 1.54) is 12.8 Å². The van der Waals surface area contributed by atoms with Gasteiger partial charge in [0.25, 0.3) is 0 Å². The summed E-state index contributed by atoms with van der Waals surface area (Å²) in [5, 5.41) is 3.10. The molecule has 1 aromatic heterocycles. The highest BCUT2D eigenvalue weighted by Gasteiger charge is 2.30. The molecule has 76 valence electrons. The zero-order valence-electron chi connectivity index (χ0n) is 7.78. The Morgan fingerprint density at radius 2 is 2.14 bits per heavy atom. The van der Waals surface area contributed by atoms with Gasteiger partial charge < -0.3 is 11.1 Å². The predicted molar refractivity (Wildman–Crippen MR) is 51.2 cm³/mol. The third-order valence-electron chi connectivity index (χ3n) is 2.38. The van der Waals surface area contributed by atoms with Crippen LogP contribution in [0.25, 0.3) is 0 Å². The van der Waals surface area contributed by atoms with Gasteiger partial charge in [-0.05, 0) is 18.8 Å². The van der Waals surface area contributed by atoms with E-state index in [1.54, 1.807) is 0 Å². The molecule has 0 radical (unpaired) electrons. The molecule has 0 spiro atoms. The second kappa shape index (κ2) is 3.88. The molecule has 0 saturated heterocycles. The van der Waals surface area contributed by atoms with Crippen LogP contribution in [0.5, 0.6) is 0 Å². The van der Waals surface area contributed by atoms with Crippen molar-refractivity contribution in [3.05, 3.63) is 18.2 Å². The summed E-state index contributed by atoms with van der Waals surface area (Å²) in [4.78, 5) is 7.65. The van der Waals surface area contributed by atoms with E-state index in [1.807, 2.05) is 0 Å². The molecule has 5 heteroatoms. The van der Waals surface area contributed by atoms with Crippen molar-refractivity contribution < 1.29 is 4.39 Å². The number of aromatic nitrogens is 2. The molecule has 0 aliphatic heterocycles. The van der Waals surface area contributed by atoms with Crippen LogP contribution in [0.15, 0.2) is 12.4 Å². The lowest BCUT2D eigenvalue weighted by Gasteiger charge is -2.15. The summed E-state index contributed by atoms with van der Waals surface area (Å²) >= 11 is 0. The Hall–Kier alpha value is -1.23. The maximum atomic E-state index is 12.5. The topological polar surface area (TPSA) is 63.8 Å². The molecule has 0 aromatic carbocycles. The van der Waals surface area contributed by atoms with Crippen molar-refractivity contribution in [1.29, 1.82) is 0 Å². The zero-order valence-corrected chi connectivity index (χ0v) is 7.78. The van der Waals surface area contributed by atoms with Crippen LogP contribution in [0.4, 0.5) is 10.3 Å². The van der Waals surface area contributed by atoms with Gasteiger partial charge in [0.05, 0.1) is 12.4 Å². The molecular weight excluding hydrogens is 183 g/mol. The van der Waals surface area contributed by atoms with Crippen LogP contribution in [-0.4, -0.2) is 22.6 Å². The summed E-state index contributed by atoms with van der Waals surface area (Å²) in [6.45, 7) is 0.561. The summed E-state index contributed by atoms with van der Waals surface area (Å²) < 4.78 is 12.5. The quantitative estimate of drug-likeness (QED) is 0.746. The minimum Gasteiger partial charge on any atom is -0.350 e. The average molecular weight is 196 g/mol. The summed E-state index contributed by atoms with van der Waals surface area (Å²) in [7, 11) is 0. The van der Waals surface area contributed by atoms with E-state index in [-0.39, 0.29) is 6.04 Å². The van der Waals surface area contributed by atoms with E-state index in [2.05, 4.69) is 15.3 Å². The Morgan fingerprint density at radius 1 is 1.50 bits per heavy atom. The summed E-state index contributed by atoms with van der Waals surface area (Å²) in [6.07, 6.45) is 4.71. The highest BCUT2D eigenvalue weighted by molar-refractivity contribution is 5.25. The Balaban J connectivity index is 1.98. The van der Waals surface area contributed by atoms with E-state index in [4.69, 9.17) is 5.73 Å². The third kappa shape index (κ3) is 2.17. The number of nitrogens with one attached hydrogen (secondary N) is 1.